The predicted octanol–water partition coefficient (Wildman–Crippen LogP) is 2.63. The third kappa shape index (κ3) is 3.45. The number of likely N-dealkylation sites (tertiary alicyclic amines) is 1. The van der Waals surface area contributed by atoms with Crippen LogP contribution in [-0.4, -0.2) is 58.9 Å². The van der Waals surface area contributed by atoms with E-state index in [0.29, 0.717) is 6.04 Å². The molecule has 1 unspecified atom stereocenters. The van der Waals surface area contributed by atoms with Gasteiger partial charge >= 0.3 is 0 Å². The zero-order chi connectivity index (χ0) is 16.2. The number of nitrogens with zero attached hydrogens (tertiary/aromatic N) is 3. The standard InChI is InChI=1S/C18H24N4O/c1-21(2)14-6-5-12-22(13-9-14)18(23)16-8-4-3-7-15(16)17-19-10-11-20-17/h3-4,7-8,10-11,14H,5-6,9,12-13H2,1-2H3,(H,19,20). The van der Waals surface area contributed by atoms with E-state index in [4.69, 9.17) is 0 Å². The van der Waals surface area contributed by atoms with Crippen molar-refractivity contribution >= 4 is 5.91 Å². The van der Waals surface area contributed by atoms with E-state index in [1.165, 1.54) is 0 Å². The predicted molar refractivity (Wildman–Crippen MR) is 91.3 cm³/mol. The fourth-order valence-corrected chi connectivity index (χ4v) is 3.26. The second-order valence-corrected chi connectivity index (χ2v) is 6.32. The molecule has 0 radical (unpaired) electrons. The van der Waals surface area contributed by atoms with Crippen LogP contribution in [0.2, 0.25) is 0 Å². The first-order valence-corrected chi connectivity index (χ1v) is 8.21. The Hall–Kier alpha value is -2.14. The Morgan fingerprint density at radius 2 is 2.09 bits per heavy atom. The summed E-state index contributed by atoms with van der Waals surface area (Å²) in [5, 5.41) is 0. The molecule has 0 bridgehead atoms. The second kappa shape index (κ2) is 6.96. The first-order chi connectivity index (χ1) is 11.2. The summed E-state index contributed by atoms with van der Waals surface area (Å²) in [6.07, 6.45) is 6.73. The van der Waals surface area contributed by atoms with E-state index in [1.54, 1.807) is 12.4 Å². The van der Waals surface area contributed by atoms with Crippen LogP contribution in [0.15, 0.2) is 36.7 Å². The number of carbonyl (C=O) groups excluding carboxylic acids is 1. The van der Waals surface area contributed by atoms with Gasteiger partial charge in [0.2, 0.25) is 0 Å². The highest BCUT2D eigenvalue weighted by Crippen LogP contribution is 2.23. The Morgan fingerprint density at radius 3 is 2.83 bits per heavy atom. The number of imidazole rings is 1. The minimum atomic E-state index is 0.108. The lowest BCUT2D eigenvalue weighted by Crippen LogP contribution is -2.34. The van der Waals surface area contributed by atoms with Gasteiger partial charge in [-0.1, -0.05) is 18.2 Å². The van der Waals surface area contributed by atoms with Crippen LogP contribution in [0.5, 0.6) is 0 Å². The van der Waals surface area contributed by atoms with Crippen LogP contribution in [0, 0.1) is 0 Å². The minimum absolute atomic E-state index is 0.108. The van der Waals surface area contributed by atoms with Gasteiger partial charge in [-0.25, -0.2) is 4.98 Å². The lowest BCUT2D eigenvalue weighted by atomic mass is 10.1. The Labute approximate surface area is 137 Å². The molecule has 0 spiro atoms. The van der Waals surface area contributed by atoms with Crippen LogP contribution < -0.4 is 0 Å². The van der Waals surface area contributed by atoms with Crippen molar-refractivity contribution in [1.82, 2.24) is 19.8 Å². The number of hydrogen-bond acceptors (Lipinski definition) is 3. The molecule has 1 amide bonds. The van der Waals surface area contributed by atoms with Crippen molar-refractivity contribution in [3.8, 4) is 11.4 Å². The molecule has 23 heavy (non-hydrogen) atoms. The molecule has 0 aliphatic carbocycles. The lowest BCUT2D eigenvalue weighted by Gasteiger charge is -2.24. The maximum Gasteiger partial charge on any atom is 0.254 e. The third-order valence-corrected chi connectivity index (χ3v) is 4.63. The normalized spacial score (nSPS) is 18.9. The molecular formula is C18H24N4O. The molecule has 122 valence electrons. The molecule has 1 aromatic carbocycles. The van der Waals surface area contributed by atoms with Crippen molar-refractivity contribution in [3.63, 3.8) is 0 Å². The first kappa shape index (κ1) is 15.7. The van der Waals surface area contributed by atoms with E-state index in [-0.39, 0.29) is 5.91 Å². The van der Waals surface area contributed by atoms with Gasteiger partial charge < -0.3 is 14.8 Å². The van der Waals surface area contributed by atoms with Crippen molar-refractivity contribution in [3.05, 3.63) is 42.2 Å². The van der Waals surface area contributed by atoms with Crippen LogP contribution >= 0.6 is 0 Å². The number of H-pyrrole nitrogens is 1. The molecule has 1 aromatic heterocycles. The summed E-state index contributed by atoms with van der Waals surface area (Å²) in [5.74, 6) is 0.853. The van der Waals surface area contributed by atoms with Crippen molar-refractivity contribution < 1.29 is 4.79 Å². The summed E-state index contributed by atoms with van der Waals surface area (Å²) in [5.41, 5.74) is 1.60. The highest BCUT2D eigenvalue weighted by atomic mass is 16.2. The van der Waals surface area contributed by atoms with Gasteiger partial charge in [-0.2, -0.15) is 0 Å². The summed E-state index contributed by atoms with van der Waals surface area (Å²) >= 11 is 0. The molecule has 0 saturated carbocycles. The van der Waals surface area contributed by atoms with Gasteiger partial charge in [0, 0.05) is 37.1 Å². The number of rotatable bonds is 3. The summed E-state index contributed by atoms with van der Waals surface area (Å²) in [6, 6.07) is 8.27. The van der Waals surface area contributed by atoms with E-state index in [9.17, 15) is 4.79 Å². The number of carbonyl (C=O) groups is 1. The summed E-state index contributed by atoms with van der Waals surface area (Å²) in [7, 11) is 4.24. The molecule has 2 heterocycles. The quantitative estimate of drug-likeness (QED) is 0.948. The van der Waals surface area contributed by atoms with Gasteiger partial charge in [0.25, 0.3) is 5.91 Å². The van der Waals surface area contributed by atoms with E-state index >= 15 is 0 Å². The Morgan fingerprint density at radius 1 is 1.26 bits per heavy atom. The average Bonchev–Trinajstić information content (AvgIpc) is 2.98. The van der Waals surface area contributed by atoms with Crippen LogP contribution in [-0.2, 0) is 0 Å². The number of amides is 1. The average molecular weight is 312 g/mol. The number of benzene rings is 1. The third-order valence-electron chi connectivity index (χ3n) is 4.63. The molecule has 5 nitrogen and oxygen atoms in total. The minimum Gasteiger partial charge on any atom is -0.345 e. The van der Waals surface area contributed by atoms with Gasteiger partial charge in [-0.05, 0) is 39.4 Å². The highest BCUT2D eigenvalue weighted by molar-refractivity contribution is 6.00. The summed E-state index contributed by atoms with van der Waals surface area (Å²) in [6.45, 7) is 1.64. The monoisotopic (exact) mass is 312 g/mol. The lowest BCUT2D eigenvalue weighted by molar-refractivity contribution is 0.0759. The fourth-order valence-electron chi connectivity index (χ4n) is 3.26. The van der Waals surface area contributed by atoms with Gasteiger partial charge in [-0.3, -0.25) is 4.79 Å². The number of aromatic amines is 1. The molecule has 3 rings (SSSR count). The van der Waals surface area contributed by atoms with Crippen LogP contribution in [0.3, 0.4) is 0 Å². The fraction of sp³-hybridized carbons (Fsp3) is 0.444. The molecule has 1 aliphatic heterocycles. The van der Waals surface area contributed by atoms with Crippen molar-refractivity contribution in [2.24, 2.45) is 0 Å². The molecule has 1 atom stereocenters. The molecular weight excluding hydrogens is 288 g/mol. The van der Waals surface area contributed by atoms with Gasteiger partial charge in [0.1, 0.15) is 5.82 Å². The van der Waals surface area contributed by atoms with Crippen LogP contribution in [0.1, 0.15) is 29.6 Å². The highest BCUT2D eigenvalue weighted by Gasteiger charge is 2.24. The van der Waals surface area contributed by atoms with Crippen LogP contribution in [0.25, 0.3) is 11.4 Å². The first-order valence-electron chi connectivity index (χ1n) is 8.21. The van der Waals surface area contributed by atoms with Crippen molar-refractivity contribution in [1.29, 1.82) is 0 Å². The van der Waals surface area contributed by atoms with Crippen molar-refractivity contribution in [2.45, 2.75) is 25.3 Å². The topological polar surface area (TPSA) is 52.2 Å². The van der Waals surface area contributed by atoms with Gasteiger partial charge in [-0.15, -0.1) is 0 Å². The largest absolute Gasteiger partial charge is 0.345 e. The maximum atomic E-state index is 13.0. The second-order valence-electron chi connectivity index (χ2n) is 6.32. The molecule has 1 N–H and O–H groups in total. The van der Waals surface area contributed by atoms with E-state index in [0.717, 1.165) is 49.3 Å². The Bertz CT molecular complexity index is 651. The SMILES string of the molecule is CN(C)C1CCCN(C(=O)c2ccccc2-c2ncc[nH]2)CC1. The van der Waals surface area contributed by atoms with Gasteiger partial charge in [0.15, 0.2) is 0 Å². The molecule has 5 heteroatoms. The smallest absolute Gasteiger partial charge is 0.254 e. The zero-order valence-electron chi connectivity index (χ0n) is 13.8. The van der Waals surface area contributed by atoms with E-state index in [2.05, 4.69) is 29.0 Å². The van der Waals surface area contributed by atoms with Gasteiger partial charge in [0.05, 0.1) is 5.56 Å². The molecule has 2 aromatic rings. The van der Waals surface area contributed by atoms with Crippen LogP contribution in [0.4, 0.5) is 0 Å². The Kier molecular flexibility index (Phi) is 4.76. The number of aromatic nitrogens is 2. The summed E-state index contributed by atoms with van der Waals surface area (Å²) < 4.78 is 0. The van der Waals surface area contributed by atoms with E-state index in [1.807, 2.05) is 29.2 Å². The molecule has 1 saturated heterocycles. The molecule has 1 aliphatic rings. The zero-order valence-corrected chi connectivity index (χ0v) is 13.8. The molecule has 1 fully saturated rings. The number of hydrogen-bond donors (Lipinski definition) is 1. The number of nitrogens with one attached hydrogen (secondary N) is 1. The maximum absolute atomic E-state index is 13.0. The van der Waals surface area contributed by atoms with E-state index < -0.39 is 0 Å². The summed E-state index contributed by atoms with van der Waals surface area (Å²) in [4.78, 5) is 24.7. The Balaban J connectivity index is 1.81. The van der Waals surface area contributed by atoms with Crippen molar-refractivity contribution in [2.75, 3.05) is 27.2 Å².